The second-order valence-corrected chi connectivity index (χ2v) is 9.74. The molecule has 0 aromatic heterocycles. The molecule has 0 fully saturated rings. The van der Waals surface area contributed by atoms with Crippen LogP contribution in [0.5, 0.6) is 0 Å². The molecule has 68 valence electrons. The Morgan fingerprint density at radius 3 is 2.33 bits per heavy atom. The van der Waals surface area contributed by atoms with Crippen molar-refractivity contribution in [2.24, 2.45) is 11.7 Å². The molecular formula is C10H19NSi. The zero-order valence-electron chi connectivity index (χ0n) is 8.46. The summed E-state index contributed by atoms with van der Waals surface area (Å²) >= 11 is 0. The van der Waals surface area contributed by atoms with E-state index in [2.05, 4.69) is 44.8 Å². The lowest BCUT2D eigenvalue weighted by Gasteiger charge is -2.25. The molecule has 0 amide bonds. The van der Waals surface area contributed by atoms with Gasteiger partial charge in [-0.25, -0.2) is 0 Å². The molecule has 1 rings (SSSR count). The zero-order chi connectivity index (χ0) is 9.35. The van der Waals surface area contributed by atoms with E-state index in [0.717, 1.165) is 0 Å². The Morgan fingerprint density at radius 1 is 1.33 bits per heavy atom. The van der Waals surface area contributed by atoms with Gasteiger partial charge in [-0.1, -0.05) is 50.0 Å². The molecule has 2 N–H and O–H groups in total. The molecule has 0 aromatic carbocycles. The predicted octanol–water partition coefficient (Wildman–Crippen LogP) is 2.32. The Balaban J connectivity index is 2.84. The van der Waals surface area contributed by atoms with Crippen LogP contribution in [0.3, 0.4) is 0 Å². The summed E-state index contributed by atoms with van der Waals surface area (Å²) in [6.45, 7) is 9.22. The van der Waals surface area contributed by atoms with Crippen LogP contribution in [-0.2, 0) is 0 Å². The number of hydrogen-bond acceptors (Lipinski definition) is 1. The van der Waals surface area contributed by atoms with Gasteiger partial charge in [0.15, 0.2) is 0 Å². The number of hydrogen-bond donors (Lipinski definition) is 1. The van der Waals surface area contributed by atoms with Gasteiger partial charge in [0.25, 0.3) is 0 Å². The molecule has 0 radical (unpaired) electrons. The molecule has 12 heavy (non-hydrogen) atoms. The zero-order valence-corrected chi connectivity index (χ0v) is 9.46. The molecule has 0 aliphatic heterocycles. The van der Waals surface area contributed by atoms with Crippen molar-refractivity contribution in [1.29, 1.82) is 0 Å². The Kier molecular flexibility index (Phi) is 2.59. The van der Waals surface area contributed by atoms with Crippen molar-refractivity contribution in [1.82, 2.24) is 0 Å². The summed E-state index contributed by atoms with van der Waals surface area (Å²) in [5.41, 5.74) is 5.96. The third-order valence-electron chi connectivity index (χ3n) is 2.42. The van der Waals surface area contributed by atoms with Gasteiger partial charge in [0.2, 0.25) is 0 Å². The summed E-state index contributed by atoms with van der Waals surface area (Å²) in [4.78, 5) is 0. The summed E-state index contributed by atoms with van der Waals surface area (Å²) in [7, 11) is -1.13. The maximum Gasteiger partial charge on any atom is 0.0772 e. The van der Waals surface area contributed by atoms with Crippen molar-refractivity contribution in [3.8, 4) is 0 Å². The summed E-state index contributed by atoms with van der Waals surface area (Å²) in [6.07, 6.45) is 6.75. The Hall–Kier alpha value is -0.343. The number of rotatable bonds is 1. The molecule has 0 saturated carbocycles. The van der Waals surface area contributed by atoms with Gasteiger partial charge in [0.05, 0.1) is 8.07 Å². The lowest BCUT2D eigenvalue weighted by Crippen LogP contribution is -2.32. The highest BCUT2D eigenvalue weighted by molar-refractivity contribution is 6.83. The first-order valence-corrected chi connectivity index (χ1v) is 8.07. The van der Waals surface area contributed by atoms with Gasteiger partial charge < -0.3 is 5.73 Å². The molecule has 0 spiro atoms. The Bertz CT molecular complexity index is 222. The van der Waals surface area contributed by atoms with Crippen molar-refractivity contribution < 1.29 is 0 Å². The third-order valence-corrected chi connectivity index (χ3v) is 4.49. The molecule has 0 heterocycles. The van der Waals surface area contributed by atoms with E-state index in [1.807, 2.05) is 0 Å². The highest BCUT2D eigenvalue weighted by atomic mass is 28.3. The lowest BCUT2D eigenvalue weighted by atomic mass is 9.98. The minimum Gasteiger partial charge on any atom is -0.324 e. The summed E-state index contributed by atoms with van der Waals surface area (Å²) in [5.74, 6) is 0.505. The van der Waals surface area contributed by atoms with Gasteiger partial charge in [0, 0.05) is 6.04 Å². The third kappa shape index (κ3) is 2.08. The van der Waals surface area contributed by atoms with E-state index in [9.17, 15) is 0 Å². The molecule has 1 nitrogen and oxygen atoms in total. The SMILES string of the molecule is CC1C=CC([Si](C)(C)C)=CC1N. The van der Waals surface area contributed by atoms with Crippen molar-refractivity contribution in [3.63, 3.8) is 0 Å². The fourth-order valence-corrected chi connectivity index (χ4v) is 2.59. The van der Waals surface area contributed by atoms with Gasteiger partial charge in [-0.15, -0.1) is 0 Å². The molecule has 1 aliphatic rings. The van der Waals surface area contributed by atoms with Crippen molar-refractivity contribution in [2.75, 3.05) is 0 Å². The van der Waals surface area contributed by atoms with Crippen LogP contribution in [0.25, 0.3) is 0 Å². The van der Waals surface area contributed by atoms with Crippen LogP contribution in [0.4, 0.5) is 0 Å². The maximum atomic E-state index is 5.96. The molecule has 2 unspecified atom stereocenters. The van der Waals surface area contributed by atoms with E-state index in [1.165, 1.54) is 5.20 Å². The van der Waals surface area contributed by atoms with Crippen LogP contribution in [-0.4, -0.2) is 14.1 Å². The van der Waals surface area contributed by atoms with E-state index in [1.54, 1.807) is 0 Å². The second kappa shape index (κ2) is 3.19. The Morgan fingerprint density at radius 2 is 1.92 bits per heavy atom. The average molecular weight is 181 g/mol. The minimum absolute atomic E-state index is 0.233. The van der Waals surface area contributed by atoms with Gasteiger partial charge in [-0.2, -0.15) is 0 Å². The highest BCUT2D eigenvalue weighted by Gasteiger charge is 2.22. The molecule has 2 heteroatoms. The van der Waals surface area contributed by atoms with Crippen LogP contribution >= 0.6 is 0 Å². The Labute approximate surface area is 76.4 Å². The largest absolute Gasteiger partial charge is 0.324 e. The van der Waals surface area contributed by atoms with Gasteiger partial charge >= 0.3 is 0 Å². The fourth-order valence-electron chi connectivity index (χ4n) is 1.30. The first kappa shape index (κ1) is 9.74. The van der Waals surface area contributed by atoms with Crippen LogP contribution < -0.4 is 5.73 Å². The first-order chi connectivity index (χ1) is 5.41. The van der Waals surface area contributed by atoms with Gasteiger partial charge in [-0.3, -0.25) is 0 Å². The maximum absolute atomic E-state index is 5.96. The molecule has 0 aromatic rings. The fraction of sp³-hybridized carbons (Fsp3) is 0.600. The quantitative estimate of drug-likeness (QED) is 0.617. The van der Waals surface area contributed by atoms with Gasteiger partial charge in [0.1, 0.15) is 0 Å². The minimum atomic E-state index is -1.13. The molecule has 1 aliphatic carbocycles. The van der Waals surface area contributed by atoms with Crippen LogP contribution in [0.15, 0.2) is 23.4 Å². The molecule has 0 saturated heterocycles. The van der Waals surface area contributed by atoms with Crippen LogP contribution in [0.1, 0.15) is 6.92 Å². The smallest absolute Gasteiger partial charge is 0.0772 e. The van der Waals surface area contributed by atoms with E-state index >= 15 is 0 Å². The monoisotopic (exact) mass is 181 g/mol. The van der Waals surface area contributed by atoms with Crippen LogP contribution in [0.2, 0.25) is 19.6 Å². The second-order valence-electron chi connectivity index (χ2n) is 4.67. The lowest BCUT2D eigenvalue weighted by molar-refractivity contribution is 0.623. The van der Waals surface area contributed by atoms with Crippen molar-refractivity contribution in [2.45, 2.75) is 32.6 Å². The van der Waals surface area contributed by atoms with Crippen molar-refractivity contribution in [3.05, 3.63) is 23.4 Å². The number of nitrogens with two attached hydrogens (primary N) is 1. The summed E-state index contributed by atoms with van der Waals surface area (Å²) in [5, 5.41) is 1.49. The van der Waals surface area contributed by atoms with E-state index < -0.39 is 8.07 Å². The van der Waals surface area contributed by atoms with E-state index in [-0.39, 0.29) is 6.04 Å². The summed E-state index contributed by atoms with van der Waals surface area (Å²) in [6, 6.07) is 0.233. The highest BCUT2D eigenvalue weighted by Crippen LogP contribution is 2.22. The average Bonchev–Trinajstić information content (AvgIpc) is 1.92. The van der Waals surface area contributed by atoms with E-state index in [4.69, 9.17) is 5.73 Å². The summed E-state index contributed by atoms with van der Waals surface area (Å²) < 4.78 is 0. The molecule has 0 bridgehead atoms. The first-order valence-electron chi connectivity index (χ1n) is 4.57. The molecular weight excluding hydrogens is 162 g/mol. The topological polar surface area (TPSA) is 26.0 Å². The molecule has 2 atom stereocenters. The van der Waals surface area contributed by atoms with Crippen molar-refractivity contribution >= 4 is 8.07 Å². The van der Waals surface area contributed by atoms with Crippen LogP contribution in [0, 0.1) is 5.92 Å². The van der Waals surface area contributed by atoms with E-state index in [0.29, 0.717) is 5.92 Å². The number of allylic oxidation sites excluding steroid dienone is 2. The predicted molar refractivity (Wildman–Crippen MR) is 57.7 cm³/mol. The van der Waals surface area contributed by atoms with Gasteiger partial charge in [-0.05, 0) is 5.92 Å². The standard InChI is InChI=1S/C10H19NSi/c1-8-5-6-9(7-10(8)11)12(2,3)4/h5-8,10H,11H2,1-4H3. The normalized spacial score (nSPS) is 30.2.